The van der Waals surface area contributed by atoms with Crippen LogP contribution in [0, 0.1) is 12.7 Å². The Labute approximate surface area is 186 Å². The lowest BCUT2D eigenvalue weighted by Crippen LogP contribution is -2.38. The van der Waals surface area contributed by atoms with Gasteiger partial charge in [-0.15, -0.1) is 0 Å². The number of aromatic nitrogens is 6. The standard InChI is InChI=1S/C21H15FN6O4S/c1-11-25-21(32-27-11)17-6-15-19(23-10-24-20(15)31-17)16-7-28(14-8-33(29,30)9-14)26-18(16)12-2-4-13(22)5-3-12/h2-7,10,14H,8-9H2,1H3. The Bertz CT molecular complexity index is 1610. The number of rotatable bonds is 4. The summed E-state index contributed by atoms with van der Waals surface area (Å²) in [6.07, 6.45) is 3.12. The first-order chi connectivity index (χ1) is 15.9. The average molecular weight is 466 g/mol. The Morgan fingerprint density at radius 2 is 1.91 bits per heavy atom. The maximum atomic E-state index is 13.5. The molecule has 166 valence electrons. The van der Waals surface area contributed by atoms with Crippen molar-refractivity contribution >= 4 is 20.9 Å². The maximum absolute atomic E-state index is 13.5. The van der Waals surface area contributed by atoms with Crippen molar-refractivity contribution in [2.75, 3.05) is 11.5 Å². The third kappa shape index (κ3) is 3.39. The summed E-state index contributed by atoms with van der Waals surface area (Å²) >= 11 is 0. The van der Waals surface area contributed by atoms with E-state index in [2.05, 4.69) is 25.2 Å². The van der Waals surface area contributed by atoms with Crippen LogP contribution in [0.3, 0.4) is 0 Å². The Morgan fingerprint density at radius 1 is 1.12 bits per heavy atom. The van der Waals surface area contributed by atoms with E-state index >= 15 is 0 Å². The molecule has 0 atom stereocenters. The Hall–Kier alpha value is -3.93. The quantitative estimate of drug-likeness (QED) is 0.392. The van der Waals surface area contributed by atoms with Crippen molar-refractivity contribution in [3.05, 3.63) is 54.5 Å². The summed E-state index contributed by atoms with van der Waals surface area (Å²) in [5, 5.41) is 9.02. The summed E-state index contributed by atoms with van der Waals surface area (Å²) in [4.78, 5) is 12.8. The zero-order valence-corrected chi connectivity index (χ0v) is 18.0. The van der Waals surface area contributed by atoms with Crippen LogP contribution in [0.5, 0.6) is 0 Å². The summed E-state index contributed by atoms with van der Waals surface area (Å²) in [5.41, 5.74) is 2.67. The highest BCUT2D eigenvalue weighted by molar-refractivity contribution is 7.92. The lowest BCUT2D eigenvalue weighted by molar-refractivity contribution is 0.414. The van der Waals surface area contributed by atoms with Gasteiger partial charge in [-0.1, -0.05) is 5.16 Å². The van der Waals surface area contributed by atoms with E-state index in [9.17, 15) is 12.8 Å². The fraction of sp³-hybridized carbons (Fsp3) is 0.190. The third-order valence-electron chi connectivity index (χ3n) is 5.44. The monoisotopic (exact) mass is 466 g/mol. The normalized spacial score (nSPS) is 15.7. The van der Waals surface area contributed by atoms with Gasteiger partial charge >= 0.3 is 0 Å². The molecule has 6 rings (SSSR count). The van der Waals surface area contributed by atoms with Crippen molar-refractivity contribution in [3.63, 3.8) is 0 Å². The van der Waals surface area contributed by atoms with Crippen molar-refractivity contribution in [2.24, 2.45) is 0 Å². The molecule has 1 saturated heterocycles. The largest absolute Gasteiger partial charge is 0.432 e. The van der Waals surface area contributed by atoms with Crippen LogP contribution < -0.4 is 0 Å². The minimum atomic E-state index is -3.05. The predicted octanol–water partition coefficient (Wildman–Crippen LogP) is 3.22. The molecule has 0 unspecified atom stereocenters. The molecule has 0 bridgehead atoms. The van der Waals surface area contributed by atoms with Gasteiger partial charge in [-0.3, -0.25) is 4.68 Å². The number of aryl methyl sites for hydroxylation is 1. The fourth-order valence-corrected chi connectivity index (χ4v) is 5.22. The van der Waals surface area contributed by atoms with E-state index in [0.717, 1.165) is 0 Å². The molecule has 1 aromatic carbocycles. The molecule has 5 heterocycles. The van der Waals surface area contributed by atoms with Gasteiger partial charge < -0.3 is 8.94 Å². The Kier molecular flexibility index (Phi) is 4.21. The molecule has 0 amide bonds. The molecule has 33 heavy (non-hydrogen) atoms. The molecule has 0 saturated carbocycles. The van der Waals surface area contributed by atoms with Crippen molar-refractivity contribution in [3.8, 4) is 34.2 Å². The SMILES string of the molecule is Cc1noc(-c2cc3c(-c4cn(C5CS(=O)(=O)C5)nc4-c4ccc(F)cc4)ncnc3o2)n1. The minimum Gasteiger partial charge on any atom is -0.432 e. The average Bonchev–Trinajstić information content (AvgIpc) is 3.49. The zero-order valence-electron chi connectivity index (χ0n) is 17.1. The molecule has 5 aromatic rings. The fourth-order valence-electron chi connectivity index (χ4n) is 3.84. The predicted molar refractivity (Wildman–Crippen MR) is 114 cm³/mol. The Morgan fingerprint density at radius 3 is 2.61 bits per heavy atom. The highest BCUT2D eigenvalue weighted by Crippen LogP contribution is 2.38. The first-order valence-electron chi connectivity index (χ1n) is 9.97. The first-order valence-corrected chi connectivity index (χ1v) is 11.8. The molecule has 1 fully saturated rings. The van der Waals surface area contributed by atoms with E-state index in [0.29, 0.717) is 45.2 Å². The van der Waals surface area contributed by atoms with Crippen LogP contribution in [0.4, 0.5) is 4.39 Å². The van der Waals surface area contributed by atoms with Crippen LogP contribution in [0.2, 0.25) is 0 Å². The molecule has 0 spiro atoms. The van der Waals surface area contributed by atoms with Crippen LogP contribution in [0.15, 0.2) is 51.8 Å². The number of hydrogen-bond acceptors (Lipinski definition) is 9. The van der Waals surface area contributed by atoms with Crippen LogP contribution >= 0.6 is 0 Å². The highest BCUT2D eigenvalue weighted by Gasteiger charge is 2.36. The van der Waals surface area contributed by atoms with Gasteiger partial charge in [0, 0.05) is 23.4 Å². The molecule has 4 aromatic heterocycles. The number of furan rings is 1. The first kappa shape index (κ1) is 19.7. The van der Waals surface area contributed by atoms with Crippen LogP contribution in [0.1, 0.15) is 11.9 Å². The Balaban J connectivity index is 1.52. The van der Waals surface area contributed by atoms with Gasteiger partial charge in [-0.25, -0.2) is 22.8 Å². The molecule has 1 aliphatic rings. The number of benzene rings is 1. The molecule has 0 N–H and O–H groups in total. The number of fused-ring (bicyclic) bond motifs is 1. The van der Waals surface area contributed by atoms with Gasteiger partial charge in [-0.2, -0.15) is 10.1 Å². The second kappa shape index (κ2) is 7.04. The number of halogens is 1. The molecular formula is C21H15FN6O4S. The van der Waals surface area contributed by atoms with Crippen molar-refractivity contribution in [1.29, 1.82) is 0 Å². The lowest BCUT2D eigenvalue weighted by Gasteiger charge is -2.25. The van der Waals surface area contributed by atoms with Crippen molar-refractivity contribution < 1.29 is 21.7 Å². The summed E-state index contributed by atoms with van der Waals surface area (Å²) in [7, 11) is -3.05. The van der Waals surface area contributed by atoms with E-state index in [-0.39, 0.29) is 29.3 Å². The number of hydrogen-bond donors (Lipinski definition) is 0. The van der Waals surface area contributed by atoms with E-state index in [4.69, 9.17) is 8.94 Å². The second-order valence-corrected chi connectivity index (χ2v) is 9.96. The zero-order chi connectivity index (χ0) is 22.7. The van der Waals surface area contributed by atoms with Crippen LogP contribution in [0.25, 0.3) is 45.3 Å². The molecule has 10 nitrogen and oxygen atoms in total. The van der Waals surface area contributed by atoms with Crippen molar-refractivity contribution in [1.82, 2.24) is 29.9 Å². The summed E-state index contributed by atoms with van der Waals surface area (Å²) < 4.78 is 49.6. The van der Waals surface area contributed by atoms with Gasteiger partial charge in [0.15, 0.2) is 21.4 Å². The van der Waals surface area contributed by atoms with E-state index in [1.54, 1.807) is 36.0 Å². The van der Waals surface area contributed by atoms with Gasteiger partial charge in [0.25, 0.3) is 5.89 Å². The molecule has 0 aliphatic carbocycles. The highest BCUT2D eigenvalue weighted by atomic mass is 32.2. The third-order valence-corrected chi connectivity index (χ3v) is 7.22. The number of sulfone groups is 1. The van der Waals surface area contributed by atoms with Gasteiger partial charge in [0.05, 0.1) is 28.6 Å². The van der Waals surface area contributed by atoms with Crippen LogP contribution in [-0.2, 0) is 9.84 Å². The van der Waals surface area contributed by atoms with Gasteiger partial charge in [0.1, 0.15) is 17.8 Å². The lowest BCUT2D eigenvalue weighted by atomic mass is 10.0. The maximum Gasteiger partial charge on any atom is 0.293 e. The van der Waals surface area contributed by atoms with E-state index in [1.807, 2.05) is 0 Å². The smallest absolute Gasteiger partial charge is 0.293 e. The minimum absolute atomic E-state index is 0.0164. The van der Waals surface area contributed by atoms with Gasteiger partial charge in [-0.05, 0) is 31.2 Å². The molecule has 0 radical (unpaired) electrons. The second-order valence-electron chi connectivity index (χ2n) is 7.81. The van der Waals surface area contributed by atoms with Gasteiger partial charge in [0.2, 0.25) is 5.71 Å². The van der Waals surface area contributed by atoms with E-state index < -0.39 is 9.84 Å². The van der Waals surface area contributed by atoms with Crippen molar-refractivity contribution in [2.45, 2.75) is 13.0 Å². The summed E-state index contributed by atoms with van der Waals surface area (Å²) in [6.45, 7) is 1.70. The van der Waals surface area contributed by atoms with E-state index in [1.165, 1.54) is 18.5 Å². The molecule has 12 heteroatoms. The summed E-state index contributed by atoms with van der Waals surface area (Å²) in [6, 6.07) is 7.34. The molecule has 1 aliphatic heterocycles. The summed E-state index contributed by atoms with van der Waals surface area (Å²) in [5.74, 6) is 0.680. The topological polar surface area (TPSA) is 130 Å². The van der Waals surface area contributed by atoms with Crippen LogP contribution in [-0.4, -0.2) is 49.8 Å². The molecular weight excluding hydrogens is 451 g/mol. The number of nitrogens with zero attached hydrogens (tertiary/aromatic N) is 6.